The summed E-state index contributed by atoms with van der Waals surface area (Å²) in [7, 11) is 0. The van der Waals surface area contributed by atoms with Crippen LogP contribution in [0.25, 0.3) is 0 Å². The summed E-state index contributed by atoms with van der Waals surface area (Å²) in [6.07, 6.45) is 8.14. The van der Waals surface area contributed by atoms with E-state index >= 15 is 0 Å². The first kappa shape index (κ1) is 31.7. The molecule has 42 heavy (non-hydrogen) atoms. The maximum Gasteiger partial charge on any atom is 0.338 e. The van der Waals surface area contributed by atoms with Crippen molar-refractivity contribution in [2.75, 3.05) is 13.2 Å². The predicted octanol–water partition coefficient (Wildman–Crippen LogP) is 8.49. The van der Waals surface area contributed by atoms with Gasteiger partial charge in [0.1, 0.15) is 23.6 Å². The molecule has 3 aromatic rings. The van der Waals surface area contributed by atoms with Gasteiger partial charge in [-0.2, -0.15) is 10.5 Å². The van der Waals surface area contributed by atoms with Gasteiger partial charge in [-0.1, -0.05) is 52.4 Å². The summed E-state index contributed by atoms with van der Waals surface area (Å²) in [6.45, 7) is 5.00. The molecular formula is C34H36N2O6. The summed E-state index contributed by atoms with van der Waals surface area (Å²) in [5, 5.41) is 19.1. The molecule has 8 nitrogen and oxygen atoms in total. The van der Waals surface area contributed by atoms with Gasteiger partial charge in [-0.15, -0.1) is 0 Å². The van der Waals surface area contributed by atoms with E-state index in [0.717, 1.165) is 51.4 Å². The summed E-state index contributed by atoms with van der Waals surface area (Å²) in [5.41, 5.74) is 1.04. The molecule has 0 bridgehead atoms. The van der Waals surface area contributed by atoms with Crippen molar-refractivity contribution in [2.24, 2.45) is 0 Å². The normalized spacial score (nSPS) is 10.3. The van der Waals surface area contributed by atoms with E-state index in [1.54, 1.807) is 48.5 Å². The molecule has 0 unspecified atom stereocenters. The Bertz CT molecular complexity index is 1290. The number of esters is 2. The van der Waals surface area contributed by atoms with E-state index in [9.17, 15) is 20.1 Å². The molecule has 0 aliphatic carbocycles. The van der Waals surface area contributed by atoms with Gasteiger partial charge in [0.25, 0.3) is 0 Å². The zero-order chi connectivity index (χ0) is 30.2. The number of nitrogens with zero attached hydrogens (tertiary/aromatic N) is 2. The van der Waals surface area contributed by atoms with Crippen molar-refractivity contribution >= 4 is 11.9 Å². The van der Waals surface area contributed by atoms with Crippen LogP contribution < -0.4 is 9.47 Å². The highest BCUT2D eigenvalue weighted by atomic mass is 16.5. The third kappa shape index (κ3) is 9.67. The highest BCUT2D eigenvalue weighted by molar-refractivity contribution is 5.90. The van der Waals surface area contributed by atoms with E-state index in [-0.39, 0.29) is 22.6 Å². The van der Waals surface area contributed by atoms with Gasteiger partial charge in [0.2, 0.25) is 0 Å². The Labute approximate surface area is 247 Å². The molecule has 8 heteroatoms. The number of carbonyl (C=O) groups excluding carboxylic acids is 2. The molecule has 0 heterocycles. The second-order valence-electron chi connectivity index (χ2n) is 9.71. The SMILES string of the molecule is CCCCCCOC(=O)c1ccc(Oc2cc(C#N)c(C#N)cc2Oc2ccc(C(=O)OCCCCCC)cc2)cc1. The fraction of sp³-hybridized carbons (Fsp3) is 0.353. The van der Waals surface area contributed by atoms with Gasteiger partial charge in [-0.3, -0.25) is 0 Å². The number of hydrogen-bond donors (Lipinski definition) is 0. The van der Waals surface area contributed by atoms with Crippen LogP contribution in [0.5, 0.6) is 23.0 Å². The molecule has 0 spiro atoms. The van der Waals surface area contributed by atoms with Crippen LogP contribution in [0.1, 0.15) is 97.1 Å². The van der Waals surface area contributed by atoms with Crippen LogP contribution in [0, 0.1) is 22.7 Å². The summed E-state index contributed by atoms with van der Waals surface area (Å²) < 4.78 is 22.7. The molecule has 218 valence electrons. The highest BCUT2D eigenvalue weighted by Gasteiger charge is 2.16. The van der Waals surface area contributed by atoms with E-state index < -0.39 is 11.9 Å². The molecule has 0 N–H and O–H groups in total. The van der Waals surface area contributed by atoms with Crippen LogP contribution >= 0.6 is 0 Å². The van der Waals surface area contributed by atoms with Gasteiger partial charge in [0, 0.05) is 12.1 Å². The van der Waals surface area contributed by atoms with E-state index in [4.69, 9.17) is 18.9 Å². The molecule has 0 saturated heterocycles. The Morgan fingerprint density at radius 3 is 1.31 bits per heavy atom. The van der Waals surface area contributed by atoms with Gasteiger partial charge < -0.3 is 18.9 Å². The lowest BCUT2D eigenvalue weighted by Gasteiger charge is -2.14. The van der Waals surface area contributed by atoms with Crippen LogP contribution in [-0.2, 0) is 9.47 Å². The molecule has 0 radical (unpaired) electrons. The van der Waals surface area contributed by atoms with Gasteiger partial charge >= 0.3 is 11.9 Å². The molecule has 3 rings (SSSR count). The maximum atomic E-state index is 12.3. The first-order valence-electron chi connectivity index (χ1n) is 14.4. The summed E-state index contributed by atoms with van der Waals surface area (Å²) in [6, 6.07) is 19.7. The van der Waals surface area contributed by atoms with Crippen LogP contribution in [0.2, 0.25) is 0 Å². The van der Waals surface area contributed by atoms with Crippen molar-refractivity contribution in [3.63, 3.8) is 0 Å². The molecule has 0 atom stereocenters. The molecule has 0 fully saturated rings. The Hall–Kier alpha value is -4.82. The molecule has 0 aliphatic heterocycles. The molecule has 0 aromatic heterocycles. The topological polar surface area (TPSA) is 119 Å². The number of carbonyl (C=O) groups is 2. The lowest BCUT2D eigenvalue weighted by molar-refractivity contribution is 0.0488. The first-order chi connectivity index (χ1) is 20.5. The number of unbranched alkanes of at least 4 members (excludes halogenated alkanes) is 6. The van der Waals surface area contributed by atoms with Crippen LogP contribution in [0.3, 0.4) is 0 Å². The van der Waals surface area contributed by atoms with Gasteiger partial charge in [0.15, 0.2) is 11.5 Å². The average Bonchev–Trinajstić information content (AvgIpc) is 3.01. The minimum absolute atomic E-state index is 0.125. The van der Waals surface area contributed by atoms with Crippen LogP contribution in [-0.4, -0.2) is 25.2 Å². The minimum atomic E-state index is -0.406. The fourth-order valence-corrected chi connectivity index (χ4v) is 4.03. The first-order valence-corrected chi connectivity index (χ1v) is 14.4. The Balaban J connectivity index is 1.70. The molecule has 0 aliphatic rings. The van der Waals surface area contributed by atoms with Crippen molar-refractivity contribution < 1.29 is 28.5 Å². The van der Waals surface area contributed by atoms with E-state index in [1.165, 1.54) is 12.1 Å². The van der Waals surface area contributed by atoms with Gasteiger partial charge in [0.05, 0.1) is 35.5 Å². The Kier molecular flexibility index (Phi) is 12.9. The van der Waals surface area contributed by atoms with Crippen molar-refractivity contribution in [2.45, 2.75) is 65.2 Å². The Morgan fingerprint density at radius 1 is 0.595 bits per heavy atom. The standard InChI is InChI=1S/C34H36N2O6/c1-3-5-7-9-19-39-33(37)25-11-15-29(16-12-25)41-31-21-27(23-35)28(24-36)22-32(31)42-30-17-13-26(14-18-30)34(38)40-20-10-8-6-4-2/h11-18,21-22H,3-10,19-20H2,1-2H3. The number of nitriles is 2. The molecule has 0 amide bonds. The zero-order valence-electron chi connectivity index (χ0n) is 24.2. The average molecular weight is 569 g/mol. The van der Waals surface area contributed by atoms with Gasteiger partial charge in [-0.05, 0) is 61.4 Å². The van der Waals surface area contributed by atoms with Crippen molar-refractivity contribution in [3.8, 4) is 35.1 Å². The predicted molar refractivity (Wildman–Crippen MR) is 158 cm³/mol. The second-order valence-corrected chi connectivity index (χ2v) is 9.71. The van der Waals surface area contributed by atoms with Gasteiger partial charge in [-0.25, -0.2) is 9.59 Å². The van der Waals surface area contributed by atoms with E-state index in [0.29, 0.717) is 35.8 Å². The number of benzene rings is 3. The van der Waals surface area contributed by atoms with Crippen molar-refractivity contribution in [1.29, 1.82) is 10.5 Å². The monoisotopic (exact) mass is 568 g/mol. The van der Waals surface area contributed by atoms with Crippen molar-refractivity contribution in [1.82, 2.24) is 0 Å². The smallest absolute Gasteiger partial charge is 0.338 e. The quantitative estimate of drug-likeness (QED) is 0.125. The molecular weight excluding hydrogens is 532 g/mol. The third-order valence-electron chi connectivity index (χ3n) is 6.42. The number of hydrogen-bond acceptors (Lipinski definition) is 8. The van der Waals surface area contributed by atoms with Crippen LogP contribution in [0.15, 0.2) is 60.7 Å². The second kappa shape index (κ2) is 17.1. The number of ether oxygens (including phenoxy) is 4. The Morgan fingerprint density at radius 2 is 0.976 bits per heavy atom. The minimum Gasteiger partial charge on any atom is -0.462 e. The molecule has 0 saturated carbocycles. The summed E-state index contributed by atoms with van der Waals surface area (Å²) in [5.74, 6) is 0.377. The van der Waals surface area contributed by atoms with Crippen LogP contribution in [0.4, 0.5) is 0 Å². The highest BCUT2D eigenvalue weighted by Crippen LogP contribution is 2.37. The van der Waals surface area contributed by atoms with E-state index in [1.807, 2.05) is 12.1 Å². The maximum absolute atomic E-state index is 12.3. The number of rotatable bonds is 16. The van der Waals surface area contributed by atoms with Crippen molar-refractivity contribution in [3.05, 3.63) is 82.9 Å². The fourth-order valence-electron chi connectivity index (χ4n) is 4.03. The lowest BCUT2D eigenvalue weighted by atomic mass is 10.1. The molecule has 3 aromatic carbocycles. The lowest BCUT2D eigenvalue weighted by Crippen LogP contribution is -2.06. The van der Waals surface area contributed by atoms with E-state index in [2.05, 4.69) is 13.8 Å². The zero-order valence-corrected chi connectivity index (χ0v) is 24.2. The largest absolute Gasteiger partial charge is 0.462 e. The summed E-state index contributed by atoms with van der Waals surface area (Å²) in [4.78, 5) is 24.7. The third-order valence-corrected chi connectivity index (χ3v) is 6.42. The summed E-state index contributed by atoms with van der Waals surface area (Å²) >= 11 is 0.